The number of phenols is 1. The summed E-state index contributed by atoms with van der Waals surface area (Å²) in [7, 11) is 0. The molecular formula is C24H33ClNO3+. The number of ether oxygens (including phenoxy) is 1. The van der Waals surface area contributed by atoms with Crippen molar-refractivity contribution in [3.63, 3.8) is 0 Å². The van der Waals surface area contributed by atoms with E-state index in [-0.39, 0.29) is 6.10 Å². The lowest BCUT2D eigenvalue weighted by Gasteiger charge is -2.33. The minimum Gasteiger partial charge on any atom is -0.507 e. The highest BCUT2D eigenvalue weighted by atomic mass is 35.5. The summed E-state index contributed by atoms with van der Waals surface area (Å²) in [6, 6.07) is 15.7. The quantitative estimate of drug-likeness (QED) is 0.578. The molecule has 0 saturated heterocycles. The summed E-state index contributed by atoms with van der Waals surface area (Å²) in [5.41, 5.74) is 1.99. The number of benzene rings is 2. The molecule has 0 amide bonds. The van der Waals surface area contributed by atoms with Gasteiger partial charge in [0.25, 0.3) is 0 Å². The van der Waals surface area contributed by atoms with Crippen molar-refractivity contribution in [2.75, 3.05) is 13.2 Å². The van der Waals surface area contributed by atoms with Crippen molar-refractivity contribution in [3.8, 4) is 5.75 Å². The summed E-state index contributed by atoms with van der Waals surface area (Å²) < 4.78 is 5.94. The third kappa shape index (κ3) is 6.71. The van der Waals surface area contributed by atoms with Crippen molar-refractivity contribution in [2.24, 2.45) is 0 Å². The van der Waals surface area contributed by atoms with Crippen LogP contribution in [-0.2, 0) is 11.3 Å². The molecule has 29 heavy (non-hydrogen) atoms. The number of phenolic OH excluding ortho intramolecular Hbond substituents is 1. The third-order valence-corrected chi connectivity index (χ3v) is 6.22. The maximum atomic E-state index is 10.7. The van der Waals surface area contributed by atoms with Crippen LogP contribution in [-0.4, -0.2) is 35.5 Å². The molecule has 0 bridgehead atoms. The Hall–Kier alpha value is -1.59. The Bertz CT molecular complexity index is 746. The van der Waals surface area contributed by atoms with Gasteiger partial charge < -0.3 is 19.8 Å². The number of aromatic hydroxyl groups is 1. The average molecular weight is 419 g/mol. The highest BCUT2D eigenvalue weighted by molar-refractivity contribution is 6.30. The molecule has 0 aliphatic heterocycles. The van der Waals surface area contributed by atoms with Crippen molar-refractivity contribution in [3.05, 3.63) is 64.7 Å². The number of quaternary nitrogens is 1. The number of aliphatic hydroxyl groups excluding tert-OH is 1. The Kier molecular flexibility index (Phi) is 8.37. The zero-order valence-electron chi connectivity index (χ0n) is 17.2. The van der Waals surface area contributed by atoms with Gasteiger partial charge in [-0.15, -0.1) is 0 Å². The van der Waals surface area contributed by atoms with Crippen molar-refractivity contribution < 1.29 is 19.8 Å². The summed E-state index contributed by atoms with van der Waals surface area (Å²) in [4.78, 5) is 1.33. The van der Waals surface area contributed by atoms with E-state index < -0.39 is 6.10 Å². The summed E-state index contributed by atoms with van der Waals surface area (Å²) in [6.07, 6.45) is 5.50. The molecule has 3 rings (SSSR count). The Morgan fingerprint density at radius 2 is 1.76 bits per heavy atom. The molecule has 1 saturated carbocycles. The molecule has 0 aromatic heterocycles. The summed E-state index contributed by atoms with van der Waals surface area (Å²) in [5.74, 6) is 0.336. The van der Waals surface area contributed by atoms with E-state index in [4.69, 9.17) is 16.3 Å². The minimum absolute atomic E-state index is 0.0989. The lowest BCUT2D eigenvalue weighted by Crippen LogP contribution is -3.15. The number of nitrogens with one attached hydrogen (secondary N) is 1. The smallest absolute Gasteiger partial charge is 0.126 e. The number of halogens is 1. The monoisotopic (exact) mass is 418 g/mol. The van der Waals surface area contributed by atoms with Crippen LogP contribution in [0.5, 0.6) is 5.75 Å². The van der Waals surface area contributed by atoms with Gasteiger partial charge in [0, 0.05) is 10.6 Å². The van der Waals surface area contributed by atoms with Gasteiger partial charge in [0.2, 0.25) is 0 Å². The summed E-state index contributed by atoms with van der Waals surface area (Å²) in [6.45, 7) is 3.62. The van der Waals surface area contributed by atoms with Gasteiger partial charge in [-0.1, -0.05) is 42.3 Å². The van der Waals surface area contributed by atoms with E-state index in [1.807, 2.05) is 49.4 Å². The lowest BCUT2D eigenvalue weighted by molar-refractivity contribution is -0.943. The van der Waals surface area contributed by atoms with Crippen LogP contribution in [0.2, 0.25) is 5.02 Å². The third-order valence-electron chi connectivity index (χ3n) is 5.97. The van der Waals surface area contributed by atoms with Gasteiger partial charge in [0.05, 0.1) is 18.8 Å². The number of hydrogen-bond acceptors (Lipinski definition) is 3. The molecular weight excluding hydrogens is 386 g/mol. The standard InChI is InChI=1S/C24H32ClNO3/c1-18(19-11-13-21(25)14-12-19)29-17-23(27)16-26(22-8-3-2-4-9-22)15-20-7-5-6-10-24(20)28/h5-7,10-14,18,22-23,27-28H,2-4,8-9,15-17H2,1H3/p+1/t18-,23-/m0/s1. The van der Waals surface area contributed by atoms with Crippen LogP contribution >= 0.6 is 11.6 Å². The van der Waals surface area contributed by atoms with Gasteiger partial charge in [-0.05, 0) is 62.4 Å². The van der Waals surface area contributed by atoms with Gasteiger partial charge >= 0.3 is 0 Å². The molecule has 1 aliphatic carbocycles. The largest absolute Gasteiger partial charge is 0.507 e. The molecule has 3 N–H and O–H groups in total. The fraction of sp³-hybridized carbons (Fsp3) is 0.500. The summed E-state index contributed by atoms with van der Waals surface area (Å²) in [5, 5.41) is 21.6. The highest BCUT2D eigenvalue weighted by Gasteiger charge is 2.28. The fourth-order valence-corrected chi connectivity index (χ4v) is 4.37. The van der Waals surface area contributed by atoms with Crippen molar-refractivity contribution in [1.82, 2.24) is 0 Å². The van der Waals surface area contributed by atoms with E-state index in [1.54, 1.807) is 6.07 Å². The van der Waals surface area contributed by atoms with Crippen LogP contribution in [0.3, 0.4) is 0 Å². The number of rotatable bonds is 9. The second-order valence-electron chi connectivity index (χ2n) is 8.18. The van der Waals surface area contributed by atoms with Crippen molar-refractivity contribution >= 4 is 11.6 Å². The van der Waals surface area contributed by atoms with Crippen LogP contribution in [0.1, 0.15) is 56.3 Å². The highest BCUT2D eigenvalue weighted by Crippen LogP contribution is 2.20. The van der Waals surface area contributed by atoms with Crippen LogP contribution in [0, 0.1) is 0 Å². The second-order valence-corrected chi connectivity index (χ2v) is 8.62. The van der Waals surface area contributed by atoms with Crippen LogP contribution in [0.4, 0.5) is 0 Å². The van der Waals surface area contributed by atoms with E-state index in [0.29, 0.717) is 30.0 Å². The second kappa shape index (κ2) is 11.0. The van der Waals surface area contributed by atoms with E-state index >= 15 is 0 Å². The molecule has 1 aliphatic rings. The predicted molar refractivity (Wildman–Crippen MR) is 116 cm³/mol. The first-order chi connectivity index (χ1) is 14.0. The molecule has 2 aromatic carbocycles. The molecule has 0 radical (unpaired) electrons. The van der Waals surface area contributed by atoms with E-state index in [1.165, 1.54) is 37.0 Å². The maximum absolute atomic E-state index is 10.7. The van der Waals surface area contributed by atoms with E-state index in [2.05, 4.69) is 0 Å². The zero-order chi connectivity index (χ0) is 20.6. The van der Waals surface area contributed by atoms with Crippen LogP contribution < -0.4 is 4.90 Å². The Morgan fingerprint density at radius 3 is 2.45 bits per heavy atom. The minimum atomic E-state index is -0.549. The van der Waals surface area contributed by atoms with Crippen LogP contribution in [0.25, 0.3) is 0 Å². The first-order valence-corrected chi connectivity index (χ1v) is 11.1. The molecule has 3 atom stereocenters. The lowest BCUT2D eigenvalue weighted by atomic mass is 9.93. The summed E-state index contributed by atoms with van der Waals surface area (Å²) >= 11 is 5.95. The van der Waals surface area contributed by atoms with E-state index in [0.717, 1.165) is 17.7 Å². The van der Waals surface area contributed by atoms with Gasteiger partial charge in [-0.25, -0.2) is 0 Å². The Morgan fingerprint density at radius 1 is 1.07 bits per heavy atom. The van der Waals surface area contributed by atoms with E-state index in [9.17, 15) is 10.2 Å². The SMILES string of the molecule is C[C@H](OC[C@@H](O)C[NH+](Cc1ccccc1O)C1CCCCC1)c1ccc(Cl)cc1. The first kappa shape index (κ1) is 22.1. The van der Waals surface area contributed by atoms with Crippen molar-refractivity contribution in [2.45, 2.75) is 63.8 Å². The van der Waals surface area contributed by atoms with Crippen LogP contribution in [0.15, 0.2) is 48.5 Å². The average Bonchev–Trinajstić information content (AvgIpc) is 2.74. The maximum Gasteiger partial charge on any atom is 0.126 e. The molecule has 1 fully saturated rings. The number of aliphatic hydroxyl groups is 1. The van der Waals surface area contributed by atoms with Gasteiger partial charge in [-0.2, -0.15) is 0 Å². The van der Waals surface area contributed by atoms with Gasteiger partial charge in [0.1, 0.15) is 24.9 Å². The van der Waals surface area contributed by atoms with Gasteiger partial charge in [-0.3, -0.25) is 0 Å². The van der Waals surface area contributed by atoms with Crippen molar-refractivity contribution in [1.29, 1.82) is 0 Å². The predicted octanol–water partition coefficient (Wildman–Crippen LogP) is 3.90. The van der Waals surface area contributed by atoms with Gasteiger partial charge in [0.15, 0.2) is 0 Å². The molecule has 0 heterocycles. The molecule has 158 valence electrons. The Balaban J connectivity index is 1.58. The number of para-hydroxylation sites is 1. The molecule has 0 spiro atoms. The molecule has 5 heteroatoms. The first-order valence-electron chi connectivity index (χ1n) is 10.7. The molecule has 4 nitrogen and oxygen atoms in total. The zero-order valence-corrected chi connectivity index (χ0v) is 17.9. The Labute approximate surface area is 179 Å². The fourth-order valence-electron chi connectivity index (χ4n) is 4.25. The molecule has 1 unspecified atom stereocenters. The number of hydrogen-bond donors (Lipinski definition) is 3. The normalized spacial score (nSPS) is 18.3. The molecule has 2 aromatic rings. The topological polar surface area (TPSA) is 54.1 Å².